The highest BCUT2D eigenvalue weighted by atomic mass is 15.1. The van der Waals surface area contributed by atoms with Crippen LogP contribution in [-0.4, -0.2) is 26.2 Å². The minimum absolute atomic E-state index is 0.373. The van der Waals surface area contributed by atoms with Crippen molar-refractivity contribution in [1.29, 1.82) is 0 Å². The maximum atomic E-state index is 6.01. The molecule has 0 aliphatic heterocycles. The average Bonchev–Trinajstić information content (AvgIpc) is 2.29. The number of hydrogen-bond donors (Lipinski definition) is 2. The summed E-state index contributed by atoms with van der Waals surface area (Å²) in [5.74, 6) is 0. The Labute approximate surface area is 104 Å². The maximum absolute atomic E-state index is 6.01. The molecule has 0 spiro atoms. The molecule has 1 aliphatic carbocycles. The van der Waals surface area contributed by atoms with Gasteiger partial charge in [0.05, 0.1) is 0 Å². The van der Waals surface area contributed by atoms with E-state index in [0.717, 1.165) is 6.42 Å². The van der Waals surface area contributed by atoms with Gasteiger partial charge in [0.25, 0.3) is 0 Å². The molecule has 1 saturated carbocycles. The van der Waals surface area contributed by atoms with Crippen LogP contribution in [0.1, 0.15) is 25.7 Å². The lowest BCUT2D eigenvalue weighted by Gasteiger charge is -2.28. The SMILES string of the molecule is CN(C)c1cccc(NC2CCCC(N)C2)c1. The number of hydrogen-bond acceptors (Lipinski definition) is 3. The lowest BCUT2D eigenvalue weighted by atomic mass is 9.91. The lowest BCUT2D eigenvalue weighted by molar-refractivity contribution is 0.409. The average molecular weight is 233 g/mol. The van der Waals surface area contributed by atoms with Crippen molar-refractivity contribution in [3.8, 4) is 0 Å². The standard InChI is InChI=1S/C14H23N3/c1-17(2)14-8-4-7-13(10-14)16-12-6-3-5-11(15)9-12/h4,7-8,10-12,16H,3,5-6,9,15H2,1-2H3. The summed E-state index contributed by atoms with van der Waals surface area (Å²) in [6.45, 7) is 0. The van der Waals surface area contributed by atoms with E-state index >= 15 is 0 Å². The largest absolute Gasteiger partial charge is 0.382 e. The van der Waals surface area contributed by atoms with Crippen molar-refractivity contribution in [1.82, 2.24) is 0 Å². The molecule has 1 fully saturated rings. The minimum atomic E-state index is 0.373. The molecule has 1 aromatic carbocycles. The molecule has 3 heteroatoms. The highest BCUT2D eigenvalue weighted by Crippen LogP contribution is 2.23. The third kappa shape index (κ3) is 3.37. The van der Waals surface area contributed by atoms with Crippen LogP contribution in [0.3, 0.4) is 0 Å². The molecule has 0 heterocycles. The zero-order valence-corrected chi connectivity index (χ0v) is 10.8. The Hall–Kier alpha value is -1.22. The van der Waals surface area contributed by atoms with E-state index in [-0.39, 0.29) is 0 Å². The fourth-order valence-electron chi connectivity index (χ4n) is 2.47. The van der Waals surface area contributed by atoms with Crippen molar-refractivity contribution in [2.24, 2.45) is 5.73 Å². The van der Waals surface area contributed by atoms with E-state index in [0.29, 0.717) is 12.1 Å². The van der Waals surface area contributed by atoms with Gasteiger partial charge in [-0.3, -0.25) is 0 Å². The number of rotatable bonds is 3. The van der Waals surface area contributed by atoms with Gasteiger partial charge in [0.2, 0.25) is 0 Å². The van der Waals surface area contributed by atoms with Crippen LogP contribution < -0.4 is 16.0 Å². The molecule has 0 saturated heterocycles. The fourth-order valence-corrected chi connectivity index (χ4v) is 2.47. The second-order valence-electron chi connectivity index (χ2n) is 5.21. The molecule has 3 nitrogen and oxygen atoms in total. The Morgan fingerprint density at radius 3 is 2.82 bits per heavy atom. The van der Waals surface area contributed by atoms with E-state index < -0.39 is 0 Å². The minimum Gasteiger partial charge on any atom is -0.382 e. The van der Waals surface area contributed by atoms with Crippen LogP contribution in [0.5, 0.6) is 0 Å². The summed E-state index contributed by atoms with van der Waals surface area (Å²) in [4.78, 5) is 2.12. The van der Waals surface area contributed by atoms with Crippen LogP contribution in [0.4, 0.5) is 11.4 Å². The van der Waals surface area contributed by atoms with Gasteiger partial charge in [-0.1, -0.05) is 6.07 Å². The van der Waals surface area contributed by atoms with Crippen LogP contribution >= 0.6 is 0 Å². The van der Waals surface area contributed by atoms with Crippen molar-refractivity contribution in [2.45, 2.75) is 37.8 Å². The monoisotopic (exact) mass is 233 g/mol. The third-order valence-corrected chi connectivity index (χ3v) is 3.45. The Morgan fingerprint density at radius 1 is 1.29 bits per heavy atom. The van der Waals surface area contributed by atoms with Crippen molar-refractivity contribution in [3.05, 3.63) is 24.3 Å². The molecular weight excluding hydrogens is 210 g/mol. The van der Waals surface area contributed by atoms with Crippen molar-refractivity contribution >= 4 is 11.4 Å². The molecule has 0 radical (unpaired) electrons. The number of anilines is 2. The zero-order valence-electron chi connectivity index (χ0n) is 10.8. The first-order chi connectivity index (χ1) is 8.15. The van der Waals surface area contributed by atoms with E-state index in [4.69, 9.17) is 5.73 Å². The van der Waals surface area contributed by atoms with Crippen LogP contribution in [0.2, 0.25) is 0 Å². The van der Waals surface area contributed by atoms with Gasteiger partial charge in [-0.15, -0.1) is 0 Å². The van der Waals surface area contributed by atoms with Crippen molar-refractivity contribution in [2.75, 3.05) is 24.3 Å². The van der Waals surface area contributed by atoms with Gasteiger partial charge in [-0.2, -0.15) is 0 Å². The van der Waals surface area contributed by atoms with Crippen LogP contribution in [0.25, 0.3) is 0 Å². The molecule has 0 aromatic heterocycles. The fraction of sp³-hybridized carbons (Fsp3) is 0.571. The molecule has 2 unspecified atom stereocenters. The van der Waals surface area contributed by atoms with Gasteiger partial charge in [0.15, 0.2) is 0 Å². The van der Waals surface area contributed by atoms with Gasteiger partial charge >= 0.3 is 0 Å². The summed E-state index contributed by atoms with van der Waals surface area (Å²) in [5, 5.41) is 3.60. The van der Waals surface area contributed by atoms with Crippen LogP contribution in [-0.2, 0) is 0 Å². The first-order valence-corrected chi connectivity index (χ1v) is 6.44. The summed E-state index contributed by atoms with van der Waals surface area (Å²) in [5.41, 5.74) is 8.44. The first kappa shape index (κ1) is 12.2. The summed E-state index contributed by atoms with van der Waals surface area (Å²) < 4.78 is 0. The zero-order chi connectivity index (χ0) is 12.3. The number of nitrogens with two attached hydrogens (primary N) is 1. The number of nitrogens with zero attached hydrogens (tertiary/aromatic N) is 1. The van der Waals surface area contributed by atoms with Crippen LogP contribution in [0.15, 0.2) is 24.3 Å². The molecule has 0 bridgehead atoms. The summed E-state index contributed by atoms with van der Waals surface area (Å²) >= 11 is 0. The van der Waals surface area contributed by atoms with Crippen LogP contribution in [0, 0.1) is 0 Å². The molecule has 0 amide bonds. The smallest absolute Gasteiger partial charge is 0.0381 e. The molecule has 17 heavy (non-hydrogen) atoms. The summed E-state index contributed by atoms with van der Waals surface area (Å²) in [7, 11) is 4.13. The third-order valence-electron chi connectivity index (χ3n) is 3.45. The molecule has 2 atom stereocenters. The van der Waals surface area contributed by atoms with Crippen molar-refractivity contribution in [3.63, 3.8) is 0 Å². The van der Waals surface area contributed by atoms with E-state index in [2.05, 4.69) is 48.6 Å². The Morgan fingerprint density at radius 2 is 2.12 bits per heavy atom. The quantitative estimate of drug-likeness (QED) is 0.842. The summed E-state index contributed by atoms with van der Waals surface area (Å²) in [6.07, 6.45) is 4.74. The molecule has 1 aliphatic rings. The molecule has 3 N–H and O–H groups in total. The predicted octanol–water partition coefficient (Wildman–Crippen LogP) is 2.43. The molecule has 1 aromatic rings. The Bertz CT molecular complexity index is 362. The maximum Gasteiger partial charge on any atom is 0.0381 e. The van der Waals surface area contributed by atoms with E-state index in [9.17, 15) is 0 Å². The first-order valence-electron chi connectivity index (χ1n) is 6.44. The normalized spacial score (nSPS) is 24.4. The highest BCUT2D eigenvalue weighted by molar-refractivity contribution is 5.57. The molecular formula is C14H23N3. The number of nitrogens with one attached hydrogen (secondary N) is 1. The van der Waals surface area contributed by atoms with Gasteiger partial charge in [0, 0.05) is 37.6 Å². The Balaban J connectivity index is 2.00. The second kappa shape index (κ2) is 5.41. The second-order valence-corrected chi connectivity index (χ2v) is 5.21. The van der Waals surface area contributed by atoms with Gasteiger partial charge < -0.3 is 16.0 Å². The Kier molecular flexibility index (Phi) is 3.89. The topological polar surface area (TPSA) is 41.3 Å². The lowest BCUT2D eigenvalue weighted by Crippen LogP contribution is -2.34. The van der Waals surface area contributed by atoms with Gasteiger partial charge in [0.1, 0.15) is 0 Å². The van der Waals surface area contributed by atoms with E-state index in [1.54, 1.807) is 0 Å². The van der Waals surface area contributed by atoms with E-state index in [1.807, 2.05) is 0 Å². The van der Waals surface area contributed by atoms with E-state index in [1.165, 1.54) is 30.6 Å². The predicted molar refractivity (Wildman–Crippen MR) is 74.6 cm³/mol. The summed E-state index contributed by atoms with van der Waals surface area (Å²) in [6, 6.07) is 9.46. The number of benzene rings is 1. The highest BCUT2D eigenvalue weighted by Gasteiger charge is 2.18. The van der Waals surface area contributed by atoms with Crippen molar-refractivity contribution < 1.29 is 0 Å². The van der Waals surface area contributed by atoms with Gasteiger partial charge in [-0.05, 0) is 43.9 Å². The van der Waals surface area contributed by atoms with Gasteiger partial charge in [-0.25, -0.2) is 0 Å². The molecule has 2 rings (SSSR count). The molecule has 94 valence electrons.